The Bertz CT molecular complexity index is 371. The second kappa shape index (κ2) is 4.95. The third kappa shape index (κ3) is 2.12. The van der Waals surface area contributed by atoms with Crippen molar-refractivity contribution in [3.8, 4) is 0 Å². The average molecular weight is 238 g/mol. The first-order valence-electron chi connectivity index (χ1n) is 5.94. The average Bonchev–Trinajstić information content (AvgIpc) is 2.59. The molecule has 0 unspecified atom stereocenters. The van der Waals surface area contributed by atoms with Crippen LogP contribution in [0.5, 0.6) is 0 Å². The Morgan fingerprint density at radius 1 is 1.56 bits per heavy atom. The van der Waals surface area contributed by atoms with E-state index in [2.05, 4.69) is 23.9 Å². The van der Waals surface area contributed by atoms with Crippen molar-refractivity contribution < 1.29 is 4.79 Å². The standard InChI is InChI=1S/C12H18N2OS/c1-3-5-10-11(8-15)16-12(13-10)14(2)9-6-4-7-9/h8-9H,3-7H2,1-2H3. The van der Waals surface area contributed by atoms with Crippen molar-refractivity contribution >= 4 is 22.8 Å². The van der Waals surface area contributed by atoms with Crippen molar-refractivity contribution in [2.24, 2.45) is 0 Å². The number of hydrogen-bond donors (Lipinski definition) is 0. The molecule has 1 saturated carbocycles. The molecule has 0 N–H and O–H groups in total. The van der Waals surface area contributed by atoms with Gasteiger partial charge in [-0.15, -0.1) is 0 Å². The molecule has 1 aliphatic rings. The molecule has 4 heteroatoms. The van der Waals surface area contributed by atoms with Crippen LogP contribution in [0.3, 0.4) is 0 Å². The molecule has 0 amide bonds. The van der Waals surface area contributed by atoms with Gasteiger partial charge in [-0.25, -0.2) is 4.98 Å². The molecule has 0 aromatic carbocycles. The van der Waals surface area contributed by atoms with E-state index in [9.17, 15) is 4.79 Å². The minimum Gasteiger partial charge on any atom is -0.348 e. The number of nitrogens with zero attached hydrogens (tertiary/aromatic N) is 2. The van der Waals surface area contributed by atoms with Crippen LogP contribution in [-0.2, 0) is 6.42 Å². The smallest absolute Gasteiger partial charge is 0.186 e. The third-order valence-corrected chi connectivity index (χ3v) is 4.35. The summed E-state index contributed by atoms with van der Waals surface area (Å²) in [7, 11) is 2.09. The Balaban J connectivity index is 2.17. The minimum absolute atomic E-state index is 0.639. The first-order chi connectivity index (χ1) is 7.76. The van der Waals surface area contributed by atoms with E-state index in [1.54, 1.807) is 0 Å². The van der Waals surface area contributed by atoms with Gasteiger partial charge in [0.15, 0.2) is 11.4 Å². The predicted molar refractivity (Wildman–Crippen MR) is 67.5 cm³/mol. The molecule has 16 heavy (non-hydrogen) atoms. The van der Waals surface area contributed by atoms with Crippen LogP contribution in [0.4, 0.5) is 5.13 Å². The fourth-order valence-corrected chi connectivity index (χ4v) is 2.90. The van der Waals surface area contributed by atoms with E-state index in [1.165, 1.54) is 30.6 Å². The molecule has 0 radical (unpaired) electrons. The van der Waals surface area contributed by atoms with Crippen LogP contribution in [0.2, 0.25) is 0 Å². The second-order valence-electron chi connectivity index (χ2n) is 4.37. The zero-order valence-electron chi connectivity index (χ0n) is 9.90. The fraction of sp³-hybridized carbons (Fsp3) is 0.667. The Morgan fingerprint density at radius 2 is 2.31 bits per heavy atom. The van der Waals surface area contributed by atoms with Crippen molar-refractivity contribution in [3.63, 3.8) is 0 Å². The van der Waals surface area contributed by atoms with E-state index in [4.69, 9.17) is 0 Å². The summed E-state index contributed by atoms with van der Waals surface area (Å²) in [4.78, 5) is 18.6. The third-order valence-electron chi connectivity index (χ3n) is 3.23. The maximum Gasteiger partial charge on any atom is 0.186 e. The number of hydrogen-bond acceptors (Lipinski definition) is 4. The lowest BCUT2D eigenvalue weighted by molar-refractivity contribution is 0.112. The molecule has 1 aromatic heterocycles. The summed E-state index contributed by atoms with van der Waals surface area (Å²) in [6, 6.07) is 0.639. The highest BCUT2D eigenvalue weighted by atomic mass is 32.1. The van der Waals surface area contributed by atoms with E-state index in [-0.39, 0.29) is 0 Å². The molecular weight excluding hydrogens is 220 g/mol. The van der Waals surface area contributed by atoms with Crippen LogP contribution >= 0.6 is 11.3 Å². The number of anilines is 1. The number of aryl methyl sites for hydroxylation is 1. The maximum absolute atomic E-state index is 10.9. The van der Waals surface area contributed by atoms with Crippen LogP contribution in [-0.4, -0.2) is 24.4 Å². The van der Waals surface area contributed by atoms with Crippen molar-refractivity contribution in [2.75, 3.05) is 11.9 Å². The summed E-state index contributed by atoms with van der Waals surface area (Å²) in [5.41, 5.74) is 0.976. The van der Waals surface area contributed by atoms with E-state index < -0.39 is 0 Å². The van der Waals surface area contributed by atoms with E-state index in [0.29, 0.717) is 6.04 Å². The normalized spacial score (nSPS) is 15.9. The van der Waals surface area contributed by atoms with Crippen LogP contribution < -0.4 is 4.90 Å². The Labute approximate surface area is 100 Å². The fourth-order valence-electron chi connectivity index (χ4n) is 1.94. The molecule has 1 fully saturated rings. The maximum atomic E-state index is 10.9. The minimum atomic E-state index is 0.639. The van der Waals surface area contributed by atoms with Crippen LogP contribution in [0.15, 0.2) is 0 Å². The highest BCUT2D eigenvalue weighted by Crippen LogP contribution is 2.32. The Hall–Kier alpha value is -0.900. The Morgan fingerprint density at radius 3 is 2.81 bits per heavy atom. The molecule has 2 rings (SSSR count). The topological polar surface area (TPSA) is 33.2 Å². The number of rotatable bonds is 5. The highest BCUT2D eigenvalue weighted by molar-refractivity contribution is 7.17. The summed E-state index contributed by atoms with van der Waals surface area (Å²) in [5, 5.41) is 1.01. The summed E-state index contributed by atoms with van der Waals surface area (Å²) in [5.74, 6) is 0. The van der Waals surface area contributed by atoms with Gasteiger partial charge in [-0.2, -0.15) is 0 Å². The summed E-state index contributed by atoms with van der Waals surface area (Å²) >= 11 is 1.53. The first-order valence-corrected chi connectivity index (χ1v) is 6.75. The summed E-state index contributed by atoms with van der Waals surface area (Å²) in [6.45, 7) is 2.11. The van der Waals surface area contributed by atoms with Gasteiger partial charge in [-0.1, -0.05) is 24.7 Å². The van der Waals surface area contributed by atoms with Gasteiger partial charge in [-0.05, 0) is 25.7 Å². The molecule has 0 saturated heterocycles. The van der Waals surface area contributed by atoms with Gasteiger partial charge in [0.25, 0.3) is 0 Å². The second-order valence-corrected chi connectivity index (χ2v) is 5.38. The molecule has 1 heterocycles. The van der Waals surface area contributed by atoms with Gasteiger partial charge >= 0.3 is 0 Å². The SMILES string of the molecule is CCCc1nc(N(C)C2CCC2)sc1C=O. The van der Waals surface area contributed by atoms with Gasteiger partial charge < -0.3 is 4.90 Å². The molecule has 1 aliphatic carbocycles. The van der Waals surface area contributed by atoms with Gasteiger partial charge in [0.05, 0.1) is 10.6 Å². The van der Waals surface area contributed by atoms with E-state index in [0.717, 1.165) is 34.8 Å². The lowest BCUT2D eigenvalue weighted by atomic mass is 9.92. The van der Waals surface area contributed by atoms with Gasteiger partial charge in [0.2, 0.25) is 0 Å². The van der Waals surface area contributed by atoms with Crippen LogP contribution in [0, 0.1) is 0 Å². The molecule has 0 bridgehead atoms. The molecule has 88 valence electrons. The van der Waals surface area contributed by atoms with Gasteiger partial charge in [0, 0.05) is 13.1 Å². The molecule has 1 aromatic rings. The summed E-state index contributed by atoms with van der Waals surface area (Å²) in [6.07, 6.45) is 6.73. The van der Waals surface area contributed by atoms with Crippen molar-refractivity contribution in [1.82, 2.24) is 4.98 Å². The van der Waals surface area contributed by atoms with E-state index in [1.807, 2.05) is 0 Å². The van der Waals surface area contributed by atoms with Crippen LogP contribution in [0.25, 0.3) is 0 Å². The quantitative estimate of drug-likeness (QED) is 0.739. The Kier molecular flexibility index (Phi) is 3.59. The van der Waals surface area contributed by atoms with Gasteiger partial charge in [-0.3, -0.25) is 4.79 Å². The van der Waals surface area contributed by atoms with E-state index >= 15 is 0 Å². The number of aldehydes is 1. The largest absolute Gasteiger partial charge is 0.348 e. The molecule has 0 spiro atoms. The predicted octanol–water partition coefficient (Wildman–Crippen LogP) is 2.90. The van der Waals surface area contributed by atoms with Crippen molar-refractivity contribution in [2.45, 2.75) is 45.1 Å². The monoisotopic (exact) mass is 238 g/mol. The number of thiazole rings is 1. The summed E-state index contributed by atoms with van der Waals surface area (Å²) < 4.78 is 0. The molecule has 0 aliphatic heterocycles. The molecular formula is C12H18N2OS. The number of carbonyl (C=O) groups is 1. The molecule has 0 atom stereocenters. The zero-order valence-corrected chi connectivity index (χ0v) is 10.7. The first kappa shape index (κ1) is 11.6. The van der Waals surface area contributed by atoms with Crippen LogP contribution in [0.1, 0.15) is 48.0 Å². The lowest BCUT2D eigenvalue weighted by Crippen LogP contribution is -2.37. The van der Waals surface area contributed by atoms with Crippen molar-refractivity contribution in [3.05, 3.63) is 10.6 Å². The number of carbonyl (C=O) groups excluding carboxylic acids is 1. The van der Waals surface area contributed by atoms with Crippen molar-refractivity contribution in [1.29, 1.82) is 0 Å². The number of aromatic nitrogens is 1. The zero-order chi connectivity index (χ0) is 11.5. The highest BCUT2D eigenvalue weighted by Gasteiger charge is 2.25. The van der Waals surface area contributed by atoms with Gasteiger partial charge in [0.1, 0.15) is 0 Å². The lowest BCUT2D eigenvalue weighted by Gasteiger charge is -2.34. The molecule has 3 nitrogen and oxygen atoms in total.